The van der Waals surface area contributed by atoms with E-state index in [-0.39, 0.29) is 5.69 Å². The zero-order chi connectivity index (χ0) is 23.7. The Labute approximate surface area is 186 Å². The number of hydrogen-bond donors (Lipinski definition) is 4. The third kappa shape index (κ3) is 4.43. The first-order chi connectivity index (χ1) is 15.7. The number of aliphatic hydroxyl groups is 2. The fourth-order valence-electron chi connectivity index (χ4n) is 3.57. The van der Waals surface area contributed by atoms with Gasteiger partial charge in [-0.15, -0.1) is 0 Å². The predicted molar refractivity (Wildman–Crippen MR) is 115 cm³/mol. The third-order valence-electron chi connectivity index (χ3n) is 5.13. The van der Waals surface area contributed by atoms with E-state index in [9.17, 15) is 33.9 Å². The van der Waals surface area contributed by atoms with Crippen LogP contribution in [0.15, 0.2) is 72.4 Å². The number of anilines is 2. The van der Waals surface area contributed by atoms with Gasteiger partial charge in [-0.25, -0.2) is 8.78 Å². The smallest absolute Gasteiger partial charge is 0.285 e. The van der Waals surface area contributed by atoms with Crippen molar-refractivity contribution in [2.45, 2.75) is 12.2 Å². The Bertz CT molecular complexity index is 1290. The van der Waals surface area contributed by atoms with Crippen molar-refractivity contribution in [3.05, 3.63) is 111 Å². The summed E-state index contributed by atoms with van der Waals surface area (Å²) >= 11 is 0. The molecule has 2 atom stereocenters. The second-order valence-corrected chi connectivity index (χ2v) is 7.30. The van der Waals surface area contributed by atoms with E-state index in [2.05, 4.69) is 10.6 Å². The fourth-order valence-corrected chi connectivity index (χ4v) is 3.57. The highest BCUT2D eigenvalue weighted by molar-refractivity contribution is 6.07. The number of halogens is 2. The number of fused-ring (bicyclic) bond motifs is 1. The minimum absolute atomic E-state index is 0.205. The molecule has 3 aromatic carbocycles. The molecule has 10 heteroatoms. The van der Waals surface area contributed by atoms with Gasteiger partial charge in [-0.05, 0) is 41.5 Å². The van der Waals surface area contributed by atoms with Gasteiger partial charge < -0.3 is 20.8 Å². The van der Waals surface area contributed by atoms with Crippen molar-refractivity contribution in [2.24, 2.45) is 0 Å². The third-order valence-corrected chi connectivity index (χ3v) is 5.13. The van der Waals surface area contributed by atoms with E-state index >= 15 is 0 Å². The molecule has 1 aliphatic carbocycles. The number of aliphatic hydroxyl groups excluding tert-OH is 2. The first kappa shape index (κ1) is 22.1. The molecule has 0 aromatic heterocycles. The lowest BCUT2D eigenvalue weighted by Gasteiger charge is -2.27. The summed E-state index contributed by atoms with van der Waals surface area (Å²) in [5, 5.41) is 37.5. The van der Waals surface area contributed by atoms with Crippen molar-refractivity contribution < 1.29 is 28.7 Å². The summed E-state index contributed by atoms with van der Waals surface area (Å²) in [6.07, 6.45) is -0.486. The van der Waals surface area contributed by atoms with Gasteiger partial charge in [0.2, 0.25) is 0 Å². The Kier molecular flexibility index (Phi) is 5.86. The summed E-state index contributed by atoms with van der Waals surface area (Å²) in [6, 6.07) is 13.9. The van der Waals surface area contributed by atoms with Crippen molar-refractivity contribution in [3.8, 4) is 0 Å². The maximum absolute atomic E-state index is 13.6. The van der Waals surface area contributed by atoms with Crippen molar-refractivity contribution in [1.29, 1.82) is 0 Å². The first-order valence-electron chi connectivity index (χ1n) is 9.73. The van der Waals surface area contributed by atoms with Crippen LogP contribution in [0.3, 0.4) is 0 Å². The van der Waals surface area contributed by atoms with Crippen molar-refractivity contribution in [1.82, 2.24) is 0 Å². The van der Waals surface area contributed by atoms with Gasteiger partial charge in [0.1, 0.15) is 11.7 Å². The highest BCUT2D eigenvalue weighted by Gasteiger charge is 2.26. The van der Waals surface area contributed by atoms with Crippen molar-refractivity contribution in [3.63, 3.8) is 0 Å². The van der Waals surface area contributed by atoms with E-state index < -0.39 is 45.9 Å². The molecule has 0 fully saturated rings. The van der Waals surface area contributed by atoms with Gasteiger partial charge in [-0.1, -0.05) is 30.3 Å². The number of carbonyl (C=O) groups excluding carboxylic acids is 1. The van der Waals surface area contributed by atoms with Gasteiger partial charge in [0.05, 0.1) is 17.1 Å². The molecule has 0 heterocycles. The number of nitrogens with one attached hydrogen (secondary N) is 2. The molecule has 8 nitrogen and oxygen atoms in total. The van der Waals surface area contributed by atoms with Crippen molar-refractivity contribution >= 4 is 23.0 Å². The zero-order valence-electron chi connectivity index (χ0n) is 16.8. The van der Waals surface area contributed by atoms with Crippen LogP contribution in [0.4, 0.5) is 25.8 Å². The number of rotatable bonds is 5. The molecule has 0 radical (unpaired) electrons. The van der Waals surface area contributed by atoms with Gasteiger partial charge in [0.25, 0.3) is 11.6 Å². The lowest BCUT2D eigenvalue weighted by molar-refractivity contribution is -0.385. The Balaban J connectivity index is 1.56. The molecule has 2 unspecified atom stereocenters. The van der Waals surface area contributed by atoms with Gasteiger partial charge >= 0.3 is 0 Å². The molecule has 0 bridgehead atoms. The molecule has 1 amide bonds. The SMILES string of the molecule is O=C(Nc1cccc(NC2=CC(O)c3ccccc3C2O)c1)c1cc(F)c(F)cc1[N+](=O)[O-]. The van der Waals surface area contributed by atoms with Crippen LogP contribution >= 0.6 is 0 Å². The minimum atomic E-state index is -1.44. The summed E-state index contributed by atoms with van der Waals surface area (Å²) in [5.74, 6) is -3.83. The summed E-state index contributed by atoms with van der Waals surface area (Å²) in [4.78, 5) is 22.7. The van der Waals surface area contributed by atoms with Gasteiger partial charge in [0, 0.05) is 17.1 Å². The summed E-state index contributed by atoms with van der Waals surface area (Å²) in [6.45, 7) is 0. The highest BCUT2D eigenvalue weighted by atomic mass is 19.2. The van der Waals surface area contributed by atoms with Crippen LogP contribution in [0.25, 0.3) is 0 Å². The van der Waals surface area contributed by atoms with E-state index in [0.717, 1.165) is 0 Å². The molecule has 4 N–H and O–H groups in total. The van der Waals surface area contributed by atoms with Crippen LogP contribution in [-0.4, -0.2) is 21.0 Å². The Morgan fingerprint density at radius 3 is 2.33 bits per heavy atom. The van der Waals surface area contributed by atoms with E-state index in [1.54, 1.807) is 36.4 Å². The van der Waals surface area contributed by atoms with Crippen LogP contribution in [0.1, 0.15) is 33.7 Å². The summed E-state index contributed by atoms with van der Waals surface area (Å²) in [7, 11) is 0. The zero-order valence-corrected chi connectivity index (χ0v) is 16.8. The van der Waals surface area contributed by atoms with Gasteiger partial charge in [-0.3, -0.25) is 14.9 Å². The lowest BCUT2D eigenvalue weighted by Crippen LogP contribution is -2.19. The quantitative estimate of drug-likeness (QED) is 0.339. The maximum atomic E-state index is 13.6. The Hall–Kier alpha value is -4.15. The highest BCUT2D eigenvalue weighted by Crippen LogP contribution is 2.36. The number of carbonyl (C=O) groups is 1. The molecular formula is C23H17F2N3O5. The fraction of sp³-hybridized carbons (Fsp3) is 0.0870. The first-order valence-corrected chi connectivity index (χ1v) is 9.73. The molecule has 3 aromatic rings. The average Bonchev–Trinajstić information content (AvgIpc) is 2.79. The van der Waals surface area contributed by atoms with Crippen LogP contribution in [0.5, 0.6) is 0 Å². The molecule has 33 heavy (non-hydrogen) atoms. The predicted octanol–water partition coefficient (Wildman–Crippen LogP) is 4.20. The number of hydrogen-bond acceptors (Lipinski definition) is 6. The molecule has 0 saturated carbocycles. The standard InChI is InChI=1S/C23H17F2N3O5/c24-17-9-16(20(28(32)33)10-18(17)25)23(31)27-13-5-3-4-12(8-13)26-19-11-21(29)14-6-1-2-7-15(14)22(19)30/h1-11,21-22,26,29-30H,(H,27,31). The molecule has 0 aliphatic heterocycles. The lowest BCUT2D eigenvalue weighted by atomic mass is 9.90. The number of amides is 1. The van der Waals surface area contributed by atoms with Crippen molar-refractivity contribution in [2.75, 3.05) is 10.6 Å². The van der Waals surface area contributed by atoms with E-state index in [1.807, 2.05) is 0 Å². The van der Waals surface area contributed by atoms with Crippen LogP contribution in [-0.2, 0) is 0 Å². The van der Waals surface area contributed by atoms with Gasteiger partial charge in [0.15, 0.2) is 11.6 Å². The monoisotopic (exact) mass is 453 g/mol. The Morgan fingerprint density at radius 2 is 1.61 bits per heavy atom. The van der Waals surface area contributed by atoms with Crippen LogP contribution in [0, 0.1) is 21.7 Å². The Morgan fingerprint density at radius 1 is 0.939 bits per heavy atom. The molecule has 1 aliphatic rings. The average molecular weight is 453 g/mol. The summed E-state index contributed by atoms with van der Waals surface area (Å²) in [5.41, 5.74) is 0.585. The maximum Gasteiger partial charge on any atom is 0.285 e. The number of nitro groups is 1. The number of nitro benzene ring substituents is 1. The second kappa shape index (κ2) is 8.77. The van der Waals surface area contributed by atoms with E-state index in [4.69, 9.17) is 0 Å². The summed E-state index contributed by atoms with van der Waals surface area (Å²) < 4.78 is 27.0. The van der Waals surface area contributed by atoms with Crippen LogP contribution < -0.4 is 10.6 Å². The van der Waals surface area contributed by atoms with Crippen LogP contribution in [0.2, 0.25) is 0 Å². The normalized spacial score (nSPS) is 17.0. The molecule has 168 valence electrons. The van der Waals surface area contributed by atoms with Gasteiger partial charge in [-0.2, -0.15) is 0 Å². The van der Waals surface area contributed by atoms with E-state index in [1.165, 1.54) is 18.2 Å². The molecular weight excluding hydrogens is 436 g/mol. The molecule has 0 saturated heterocycles. The molecule has 4 rings (SSSR count). The van der Waals surface area contributed by atoms with E-state index in [0.29, 0.717) is 34.6 Å². The number of benzene rings is 3. The number of nitrogens with zero attached hydrogens (tertiary/aromatic N) is 1. The largest absolute Gasteiger partial charge is 0.384 e. The second-order valence-electron chi connectivity index (χ2n) is 7.30. The topological polar surface area (TPSA) is 125 Å². The molecule has 0 spiro atoms. The minimum Gasteiger partial charge on any atom is -0.384 e.